The van der Waals surface area contributed by atoms with Gasteiger partial charge in [0.05, 0.1) is 5.66 Å². The monoisotopic (exact) mass is 214 g/mol. The van der Waals surface area contributed by atoms with Crippen molar-refractivity contribution in [3.8, 4) is 0 Å². The van der Waals surface area contributed by atoms with Crippen LogP contribution in [0.5, 0.6) is 0 Å². The number of rotatable bonds is 1. The Morgan fingerprint density at radius 3 is 2.33 bits per heavy atom. The first-order chi connectivity index (χ1) is 7.25. The molecule has 2 nitrogen and oxygen atoms in total. The van der Waals surface area contributed by atoms with Crippen molar-refractivity contribution in [1.29, 1.82) is 0 Å². The largest absolute Gasteiger partial charge is 0.299 e. The molecule has 2 aliphatic rings. The van der Waals surface area contributed by atoms with Gasteiger partial charge in [-0.05, 0) is 52.5 Å². The van der Waals surface area contributed by atoms with Crippen molar-refractivity contribution < 1.29 is 1.43 Å². The summed E-state index contributed by atoms with van der Waals surface area (Å²) in [6.45, 7) is 11.2. The van der Waals surface area contributed by atoms with Crippen LogP contribution in [0.1, 0.15) is 61.2 Å². The van der Waals surface area contributed by atoms with Crippen LogP contribution in [-0.4, -0.2) is 29.7 Å². The number of likely N-dealkylation sites (tertiary alicyclic amines) is 1. The first-order valence-corrected chi connectivity index (χ1v) is 6.76. The maximum atomic E-state index is 3.75. The maximum absolute atomic E-state index is 3.75. The molecule has 0 bridgehead atoms. The Bertz CT molecular complexity index is 177. The normalized spacial score (nSPS) is 31.8. The molecule has 1 N–H and O–H groups in total. The second kappa shape index (κ2) is 5.86. The predicted molar refractivity (Wildman–Crippen MR) is 69.1 cm³/mol. The van der Waals surface area contributed by atoms with E-state index < -0.39 is 0 Å². The van der Waals surface area contributed by atoms with Crippen molar-refractivity contribution in [2.24, 2.45) is 0 Å². The SMILES string of the molecule is CC.CC(C)N1CCCC12CCCCN2.[HH]. The van der Waals surface area contributed by atoms with Gasteiger partial charge in [-0.15, -0.1) is 0 Å². The highest BCUT2D eigenvalue weighted by molar-refractivity contribution is 4.96. The summed E-state index contributed by atoms with van der Waals surface area (Å²) >= 11 is 0. The summed E-state index contributed by atoms with van der Waals surface area (Å²) in [5.74, 6) is 0. The van der Waals surface area contributed by atoms with E-state index in [1.165, 1.54) is 45.2 Å². The molecule has 1 atom stereocenters. The molecule has 92 valence electrons. The Labute approximate surface area is 96.9 Å². The lowest BCUT2D eigenvalue weighted by Crippen LogP contribution is -2.59. The van der Waals surface area contributed by atoms with Gasteiger partial charge in [0.25, 0.3) is 0 Å². The van der Waals surface area contributed by atoms with Crippen LogP contribution < -0.4 is 5.32 Å². The summed E-state index contributed by atoms with van der Waals surface area (Å²) in [5, 5.41) is 3.75. The Balaban J connectivity index is 0.000000711. The van der Waals surface area contributed by atoms with Crippen molar-refractivity contribution >= 4 is 0 Å². The van der Waals surface area contributed by atoms with E-state index in [0.29, 0.717) is 11.7 Å². The highest BCUT2D eigenvalue weighted by Gasteiger charge is 2.42. The van der Waals surface area contributed by atoms with Gasteiger partial charge in [0.2, 0.25) is 0 Å². The van der Waals surface area contributed by atoms with E-state index in [0.717, 1.165) is 0 Å². The molecule has 0 aromatic carbocycles. The summed E-state index contributed by atoms with van der Waals surface area (Å²) < 4.78 is 0. The zero-order chi connectivity index (χ0) is 11.3. The minimum Gasteiger partial charge on any atom is -0.299 e. The smallest absolute Gasteiger partial charge is 0.0715 e. The molecular weight excluding hydrogens is 184 g/mol. The molecule has 1 spiro atoms. The fraction of sp³-hybridized carbons (Fsp3) is 1.00. The zero-order valence-electron chi connectivity index (χ0n) is 11.0. The van der Waals surface area contributed by atoms with Crippen LogP contribution in [0.25, 0.3) is 0 Å². The third-order valence-electron chi connectivity index (χ3n) is 3.63. The van der Waals surface area contributed by atoms with Crippen LogP contribution in [0.15, 0.2) is 0 Å². The van der Waals surface area contributed by atoms with Crippen molar-refractivity contribution in [2.75, 3.05) is 13.1 Å². The van der Waals surface area contributed by atoms with Crippen LogP contribution in [-0.2, 0) is 0 Å². The third kappa shape index (κ3) is 2.73. The summed E-state index contributed by atoms with van der Waals surface area (Å²) in [5.41, 5.74) is 0.395. The molecule has 2 fully saturated rings. The Hall–Kier alpha value is -0.0800. The molecule has 0 radical (unpaired) electrons. The van der Waals surface area contributed by atoms with Gasteiger partial charge in [0.15, 0.2) is 0 Å². The van der Waals surface area contributed by atoms with Crippen LogP contribution in [0.3, 0.4) is 0 Å². The average molecular weight is 214 g/mol. The first kappa shape index (κ1) is 13.0. The van der Waals surface area contributed by atoms with Crippen molar-refractivity contribution in [1.82, 2.24) is 10.2 Å². The summed E-state index contributed by atoms with van der Waals surface area (Å²) in [6.07, 6.45) is 6.89. The quantitative estimate of drug-likeness (QED) is 0.721. The third-order valence-corrected chi connectivity index (χ3v) is 3.63. The standard InChI is InChI=1S/C11H22N2.C2H6.H2/c1-10(2)13-9-5-7-11(13)6-3-4-8-12-11;1-2;/h10,12H,3-9H2,1-2H3;1-2H3;1H. The lowest BCUT2D eigenvalue weighted by Gasteiger charge is -2.44. The fourth-order valence-corrected chi connectivity index (χ4v) is 3.06. The van der Waals surface area contributed by atoms with E-state index in [1.807, 2.05) is 13.8 Å². The second-order valence-electron chi connectivity index (χ2n) is 4.81. The summed E-state index contributed by atoms with van der Waals surface area (Å²) in [6, 6.07) is 0.702. The van der Waals surface area contributed by atoms with Gasteiger partial charge in [-0.2, -0.15) is 0 Å². The molecule has 15 heavy (non-hydrogen) atoms. The molecule has 2 heteroatoms. The Morgan fingerprint density at radius 2 is 1.80 bits per heavy atom. The zero-order valence-corrected chi connectivity index (χ0v) is 11.0. The van der Waals surface area contributed by atoms with E-state index in [4.69, 9.17) is 0 Å². The van der Waals surface area contributed by atoms with Gasteiger partial charge in [-0.3, -0.25) is 10.2 Å². The highest BCUT2D eigenvalue weighted by Crippen LogP contribution is 2.35. The van der Waals surface area contributed by atoms with Gasteiger partial charge in [0.1, 0.15) is 0 Å². The summed E-state index contributed by atoms with van der Waals surface area (Å²) in [7, 11) is 0. The van der Waals surface area contributed by atoms with Gasteiger partial charge in [-0.25, -0.2) is 0 Å². The van der Waals surface area contributed by atoms with Crippen molar-refractivity contribution in [3.63, 3.8) is 0 Å². The van der Waals surface area contributed by atoms with Gasteiger partial charge in [0, 0.05) is 14.0 Å². The number of nitrogens with zero attached hydrogens (tertiary/aromatic N) is 1. The Kier molecular flexibility index (Phi) is 5.07. The lowest BCUT2D eigenvalue weighted by atomic mass is 9.94. The molecule has 2 rings (SSSR count). The second-order valence-corrected chi connectivity index (χ2v) is 4.81. The number of hydrogen-bond donors (Lipinski definition) is 1. The van der Waals surface area contributed by atoms with E-state index in [1.54, 1.807) is 0 Å². The molecule has 0 aromatic heterocycles. The van der Waals surface area contributed by atoms with Crippen LogP contribution in [0, 0.1) is 0 Å². The van der Waals surface area contributed by atoms with Crippen LogP contribution in [0.2, 0.25) is 0 Å². The number of piperidine rings is 1. The molecule has 0 aromatic rings. The van der Waals surface area contributed by atoms with E-state index in [9.17, 15) is 0 Å². The van der Waals surface area contributed by atoms with Crippen molar-refractivity contribution in [3.05, 3.63) is 0 Å². The highest BCUT2D eigenvalue weighted by atomic mass is 15.4. The van der Waals surface area contributed by atoms with Gasteiger partial charge in [-0.1, -0.05) is 13.8 Å². The summed E-state index contributed by atoms with van der Waals surface area (Å²) in [4.78, 5) is 2.67. The predicted octanol–water partition coefficient (Wildman–Crippen LogP) is 3.23. The molecule has 2 heterocycles. The molecule has 1 unspecified atom stereocenters. The topological polar surface area (TPSA) is 15.3 Å². The molecule has 0 saturated carbocycles. The average Bonchev–Trinajstić information content (AvgIpc) is 2.66. The lowest BCUT2D eigenvalue weighted by molar-refractivity contribution is 0.0442. The molecular formula is C13H30N2. The maximum Gasteiger partial charge on any atom is 0.0715 e. The molecule has 0 aliphatic carbocycles. The molecule has 0 amide bonds. The molecule has 2 aliphatic heterocycles. The number of hydrogen-bond acceptors (Lipinski definition) is 2. The van der Waals surface area contributed by atoms with E-state index >= 15 is 0 Å². The Morgan fingerprint density at radius 1 is 1.13 bits per heavy atom. The van der Waals surface area contributed by atoms with Gasteiger partial charge < -0.3 is 0 Å². The first-order valence-electron chi connectivity index (χ1n) is 6.76. The minimum absolute atomic E-state index is 0. The van der Waals surface area contributed by atoms with E-state index in [-0.39, 0.29) is 1.43 Å². The van der Waals surface area contributed by atoms with Crippen LogP contribution >= 0.6 is 0 Å². The number of nitrogens with one attached hydrogen (secondary N) is 1. The fourth-order valence-electron chi connectivity index (χ4n) is 3.06. The van der Waals surface area contributed by atoms with Gasteiger partial charge >= 0.3 is 0 Å². The minimum atomic E-state index is 0. The van der Waals surface area contributed by atoms with Crippen LogP contribution in [0.4, 0.5) is 0 Å². The van der Waals surface area contributed by atoms with Crippen molar-refractivity contribution in [2.45, 2.75) is 71.5 Å². The van der Waals surface area contributed by atoms with E-state index in [2.05, 4.69) is 24.1 Å². The molecule has 2 saturated heterocycles.